The van der Waals surface area contributed by atoms with Crippen LogP contribution in [0.25, 0.3) is 0 Å². The van der Waals surface area contributed by atoms with Crippen molar-refractivity contribution >= 4 is 11.5 Å². The lowest BCUT2D eigenvalue weighted by atomic mass is 9.92. The van der Waals surface area contributed by atoms with Gasteiger partial charge >= 0.3 is 0 Å². The molecular weight excluding hydrogens is 400 g/mol. The Hall–Kier alpha value is -3.99. The third-order valence-electron chi connectivity index (χ3n) is 5.27. The van der Waals surface area contributed by atoms with Crippen LogP contribution < -0.4 is 9.47 Å². The molecule has 5 heteroatoms. The fourth-order valence-electron chi connectivity index (χ4n) is 3.58. The number of hydrogen-bond acceptors (Lipinski definition) is 5. The first-order chi connectivity index (χ1) is 15.7. The van der Waals surface area contributed by atoms with Crippen LogP contribution in [0.15, 0.2) is 101 Å². The molecule has 1 aliphatic carbocycles. The standard InChI is InChI=1S/C27H24N2O3/c1-31-22-13-9-19(10-14-22)26(29-18-21-6-3-4-17-28-21)24-7-5-8-25(24)27(30)20-11-15-23(32-2)16-12-20/h3-4,6-17H,5,18H2,1-2H3. The number of hydrogen-bond donors (Lipinski definition) is 0. The Balaban J connectivity index is 1.68. The molecule has 0 N–H and O–H groups in total. The van der Waals surface area contributed by atoms with Gasteiger partial charge in [0.05, 0.1) is 32.2 Å². The summed E-state index contributed by atoms with van der Waals surface area (Å²) >= 11 is 0. The molecule has 5 nitrogen and oxygen atoms in total. The summed E-state index contributed by atoms with van der Waals surface area (Å²) in [6.45, 7) is 0.420. The molecule has 4 rings (SSSR count). The van der Waals surface area contributed by atoms with Crippen LogP contribution in [-0.4, -0.2) is 30.7 Å². The molecule has 160 valence electrons. The lowest BCUT2D eigenvalue weighted by molar-refractivity contribution is 0.103. The summed E-state index contributed by atoms with van der Waals surface area (Å²) in [7, 11) is 3.25. The first kappa shape index (κ1) is 21.2. The molecule has 0 radical (unpaired) electrons. The molecular formula is C27H24N2O3. The number of Topliss-reactive ketones (excluding diaryl/α,β-unsaturated/α-hetero) is 1. The highest BCUT2D eigenvalue weighted by Crippen LogP contribution is 2.29. The lowest BCUT2D eigenvalue weighted by Gasteiger charge is -2.13. The van der Waals surface area contributed by atoms with Crippen LogP contribution >= 0.6 is 0 Å². The second-order valence-electron chi connectivity index (χ2n) is 7.24. The second kappa shape index (κ2) is 9.88. The summed E-state index contributed by atoms with van der Waals surface area (Å²) in [5.74, 6) is 1.45. The van der Waals surface area contributed by atoms with Crippen molar-refractivity contribution in [1.82, 2.24) is 4.98 Å². The van der Waals surface area contributed by atoms with E-state index in [4.69, 9.17) is 14.5 Å². The maximum atomic E-state index is 13.3. The van der Waals surface area contributed by atoms with Crippen molar-refractivity contribution in [3.05, 3.63) is 113 Å². The van der Waals surface area contributed by atoms with Crippen molar-refractivity contribution in [3.8, 4) is 11.5 Å². The van der Waals surface area contributed by atoms with E-state index < -0.39 is 0 Å². The van der Waals surface area contributed by atoms with Gasteiger partial charge in [-0.2, -0.15) is 0 Å². The van der Waals surface area contributed by atoms with Crippen LogP contribution in [0.1, 0.15) is 28.0 Å². The predicted octanol–water partition coefficient (Wildman–Crippen LogP) is 5.23. The summed E-state index contributed by atoms with van der Waals surface area (Å²) in [6, 6.07) is 20.7. The van der Waals surface area contributed by atoms with Crippen LogP contribution in [0, 0.1) is 0 Å². The fourth-order valence-corrected chi connectivity index (χ4v) is 3.58. The maximum absolute atomic E-state index is 13.3. The van der Waals surface area contributed by atoms with E-state index in [0.29, 0.717) is 29.9 Å². The molecule has 0 fully saturated rings. The molecule has 3 aromatic rings. The predicted molar refractivity (Wildman–Crippen MR) is 126 cm³/mol. The van der Waals surface area contributed by atoms with Crippen LogP contribution in [0.3, 0.4) is 0 Å². The quantitative estimate of drug-likeness (QED) is 0.367. The van der Waals surface area contributed by atoms with Gasteiger partial charge in [0, 0.05) is 28.5 Å². The molecule has 0 atom stereocenters. The topological polar surface area (TPSA) is 60.8 Å². The van der Waals surface area contributed by atoms with Gasteiger partial charge in [-0.1, -0.05) is 18.2 Å². The number of allylic oxidation sites excluding steroid dienone is 4. The maximum Gasteiger partial charge on any atom is 0.193 e. The highest BCUT2D eigenvalue weighted by molar-refractivity contribution is 6.25. The molecule has 0 spiro atoms. The number of pyridine rings is 1. The second-order valence-corrected chi connectivity index (χ2v) is 7.24. The highest BCUT2D eigenvalue weighted by Gasteiger charge is 2.24. The minimum Gasteiger partial charge on any atom is -0.497 e. The summed E-state index contributed by atoms with van der Waals surface area (Å²) in [5.41, 5.74) is 4.66. The molecule has 32 heavy (non-hydrogen) atoms. The molecule has 1 heterocycles. The van der Waals surface area contributed by atoms with Crippen molar-refractivity contribution in [2.45, 2.75) is 13.0 Å². The average molecular weight is 425 g/mol. The molecule has 0 aliphatic heterocycles. The van der Waals surface area contributed by atoms with Crippen molar-refractivity contribution in [2.24, 2.45) is 4.99 Å². The van der Waals surface area contributed by atoms with Gasteiger partial charge in [-0.25, -0.2) is 0 Å². The first-order valence-corrected chi connectivity index (χ1v) is 10.4. The number of ether oxygens (including phenoxy) is 2. The molecule has 0 saturated heterocycles. The van der Waals surface area contributed by atoms with Gasteiger partial charge in [-0.15, -0.1) is 0 Å². The molecule has 2 aromatic carbocycles. The Morgan fingerprint density at radius 1 is 0.844 bits per heavy atom. The smallest absolute Gasteiger partial charge is 0.193 e. The van der Waals surface area contributed by atoms with Gasteiger partial charge < -0.3 is 9.47 Å². The molecule has 1 aromatic heterocycles. The van der Waals surface area contributed by atoms with E-state index in [1.54, 1.807) is 44.7 Å². The number of rotatable bonds is 8. The Bertz CT molecular complexity index is 1180. The van der Waals surface area contributed by atoms with Gasteiger partial charge in [0.25, 0.3) is 0 Å². The van der Waals surface area contributed by atoms with E-state index in [1.165, 1.54) is 0 Å². The fraction of sp³-hybridized carbons (Fsp3) is 0.148. The number of carbonyl (C=O) groups is 1. The minimum atomic E-state index is -0.0320. The molecule has 0 unspecified atom stereocenters. The number of benzene rings is 2. The summed E-state index contributed by atoms with van der Waals surface area (Å²) in [4.78, 5) is 22.6. The van der Waals surface area contributed by atoms with Gasteiger partial charge in [0.1, 0.15) is 11.5 Å². The van der Waals surface area contributed by atoms with Gasteiger partial charge in [0.15, 0.2) is 5.78 Å². The zero-order valence-corrected chi connectivity index (χ0v) is 18.1. The van der Waals surface area contributed by atoms with Crippen molar-refractivity contribution in [1.29, 1.82) is 0 Å². The van der Waals surface area contributed by atoms with Gasteiger partial charge in [-0.05, 0) is 67.1 Å². The number of aliphatic imine (C=N–C) groups is 1. The van der Waals surface area contributed by atoms with Crippen molar-refractivity contribution < 1.29 is 14.3 Å². The van der Waals surface area contributed by atoms with Crippen molar-refractivity contribution in [3.63, 3.8) is 0 Å². The average Bonchev–Trinajstić information content (AvgIpc) is 3.34. The Labute approximate surface area is 187 Å². The van der Waals surface area contributed by atoms with Crippen molar-refractivity contribution in [2.75, 3.05) is 14.2 Å². The number of methoxy groups -OCH3 is 2. The largest absolute Gasteiger partial charge is 0.497 e. The minimum absolute atomic E-state index is 0.0320. The van der Waals surface area contributed by atoms with Gasteiger partial charge in [-0.3, -0.25) is 14.8 Å². The summed E-state index contributed by atoms with van der Waals surface area (Å²) in [6.07, 6.45) is 6.45. The third kappa shape index (κ3) is 4.67. The van der Waals surface area contributed by atoms with E-state index in [1.807, 2.05) is 48.5 Å². The molecule has 0 saturated carbocycles. The zero-order valence-electron chi connectivity index (χ0n) is 18.1. The number of carbonyl (C=O) groups excluding carboxylic acids is 1. The number of nitrogens with zero attached hydrogens (tertiary/aromatic N) is 2. The Kier molecular flexibility index (Phi) is 6.56. The Morgan fingerprint density at radius 3 is 2.06 bits per heavy atom. The van der Waals surface area contributed by atoms with E-state index in [9.17, 15) is 4.79 Å². The zero-order chi connectivity index (χ0) is 22.3. The third-order valence-corrected chi connectivity index (χ3v) is 5.27. The first-order valence-electron chi connectivity index (χ1n) is 10.4. The van der Waals surface area contributed by atoms with Crippen LogP contribution in [0.2, 0.25) is 0 Å². The monoisotopic (exact) mass is 424 g/mol. The lowest BCUT2D eigenvalue weighted by Crippen LogP contribution is -2.13. The highest BCUT2D eigenvalue weighted by atomic mass is 16.5. The van der Waals surface area contributed by atoms with Crippen LogP contribution in [0.5, 0.6) is 11.5 Å². The van der Waals surface area contributed by atoms with E-state index in [0.717, 1.165) is 28.3 Å². The normalized spacial score (nSPS) is 13.4. The van der Waals surface area contributed by atoms with Crippen LogP contribution in [-0.2, 0) is 6.54 Å². The van der Waals surface area contributed by atoms with E-state index in [-0.39, 0.29) is 5.78 Å². The summed E-state index contributed by atoms with van der Waals surface area (Å²) in [5, 5.41) is 0. The Morgan fingerprint density at radius 2 is 1.47 bits per heavy atom. The van der Waals surface area contributed by atoms with E-state index in [2.05, 4.69) is 11.1 Å². The SMILES string of the molecule is COc1ccc(C(=O)C2=CCC=C2C(=NCc2ccccn2)c2ccc(OC)cc2)cc1. The number of aromatic nitrogens is 1. The van der Waals surface area contributed by atoms with Gasteiger partial charge in [0.2, 0.25) is 0 Å². The number of ketones is 1. The van der Waals surface area contributed by atoms with Crippen LogP contribution in [0.4, 0.5) is 0 Å². The molecule has 1 aliphatic rings. The molecule has 0 bridgehead atoms. The van der Waals surface area contributed by atoms with E-state index >= 15 is 0 Å². The summed E-state index contributed by atoms with van der Waals surface area (Å²) < 4.78 is 10.5. The molecule has 0 amide bonds.